The topological polar surface area (TPSA) is 3.24 Å². The Morgan fingerprint density at radius 2 is 0.632 bits per heavy atom. The lowest BCUT2D eigenvalue weighted by atomic mass is 9.70. The molecule has 9 aromatic rings. The lowest BCUT2D eigenvalue weighted by molar-refractivity contribution is 0.793. The van der Waals surface area contributed by atoms with Crippen molar-refractivity contribution >= 4 is 45.9 Å². The van der Waals surface area contributed by atoms with E-state index in [1.165, 1.54) is 93.2 Å². The van der Waals surface area contributed by atoms with E-state index in [-0.39, 0.29) is 0 Å². The molecule has 2 heterocycles. The van der Waals surface area contributed by atoms with Crippen molar-refractivity contribution in [2.45, 2.75) is 5.41 Å². The Morgan fingerprint density at radius 1 is 0.263 bits per heavy atom. The summed E-state index contributed by atoms with van der Waals surface area (Å²) in [7, 11) is -2.62. The van der Waals surface area contributed by atoms with Crippen LogP contribution in [0.3, 0.4) is 0 Å². The Hall–Kier alpha value is -7.00. The lowest BCUT2D eigenvalue weighted by Crippen LogP contribution is -2.70. The lowest BCUT2D eigenvalue weighted by Gasteiger charge is -2.33. The molecule has 2 aliphatic carbocycles. The van der Waals surface area contributed by atoms with Crippen molar-refractivity contribution in [1.29, 1.82) is 0 Å². The van der Waals surface area contributed by atoms with Crippen molar-refractivity contribution in [1.82, 2.24) is 0 Å². The number of fused-ring (bicyclic) bond motifs is 20. The van der Waals surface area contributed by atoms with Gasteiger partial charge in [-0.15, -0.1) is 0 Å². The number of para-hydroxylation sites is 1. The van der Waals surface area contributed by atoms with Crippen molar-refractivity contribution in [3.63, 3.8) is 0 Å². The molecule has 9 aromatic carbocycles. The Kier molecular flexibility index (Phi) is 6.18. The van der Waals surface area contributed by atoms with Gasteiger partial charge in [-0.3, -0.25) is 0 Å². The summed E-state index contributed by atoms with van der Waals surface area (Å²) in [6, 6.07) is 80.5. The zero-order valence-electron chi connectivity index (χ0n) is 31.2. The van der Waals surface area contributed by atoms with Gasteiger partial charge >= 0.3 is 0 Å². The monoisotopic (exact) mass is 737 g/mol. The average Bonchev–Trinajstić information content (AvgIpc) is 3.96. The third kappa shape index (κ3) is 3.79. The van der Waals surface area contributed by atoms with Gasteiger partial charge in [-0.25, -0.2) is 0 Å². The number of hydrogen-bond donors (Lipinski definition) is 0. The van der Waals surface area contributed by atoms with E-state index in [1.807, 2.05) is 0 Å². The van der Waals surface area contributed by atoms with E-state index >= 15 is 0 Å². The largest absolute Gasteiger partial charge is 0.310 e. The van der Waals surface area contributed by atoms with Crippen LogP contribution in [0.5, 0.6) is 0 Å². The van der Waals surface area contributed by atoms with Crippen LogP contribution in [0.2, 0.25) is 0 Å². The first-order valence-corrected chi connectivity index (χ1v) is 22.0. The molecule has 0 amide bonds. The fraction of sp³-hybridized carbons (Fsp3) is 0.0182. The maximum absolute atomic E-state index is 2.62. The van der Waals surface area contributed by atoms with Crippen molar-refractivity contribution in [2.75, 3.05) is 4.90 Å². The molecule has 0 fully saturated rings. The van der Waals surface area contributed by atoms with E-state index in [9.17, 15) is 0 Å². The van der Waals surface area contributed by atoms with Gasteiger partial charge in [-0.1, -0.05) is 176 Å². The minimum Gasteiger partial charge on any atom is -0.310 e. The summed E-state index contributed by atoms with van der Waals surface area (Å²) in [5, 5.41) is 5.97. The van der Waals surface area contributed by atoms with Crippen molar-refractivity contribution in [3.05, 3.63) is 235 Å². The summed E-state index contributed by atoms with van der Waals surface area (Å²) < 4.78 is 0. The molecular formula is C55H35NSi. The third-order valence-corrected chi connectivity index (χ3v) is 18.4. The Morgan fingerprint density at radius 3 is 1.14 bits per heavy atom. The second kappa shape index (κ2) is 11.3. The molecule has 0 saturated carbocycles. The quantitative estimate of drug-likeness (QED) is 0.163. The highest BCUT2D eigenvalue weighted by molar-refractivity contribution is 7.24. The van der Waals surface area contributed by atoms with Crippen LogP contribution in [0, 0.1) is 0 Å². The van der Waals surface area contributed by atoms with Gasteiger partial charge < -0.3 is 4.90 Å². The Bertz CT molecular complexity index is 2840. The van der Waals surface area contributed by atoms with Gasteiger partial charge in [0.05, 0.1) is 5.41 Å². The molecule has 1 nitrogen and oxygen atoms in total. The molecule has 0 N–H and O–H groups in total. The van der Waals surface area contributed by atoms with E-state index in [1.54, 1.807) is 0 Å². The number of nitrogens with zero attached hydrogens (tertiary/aromatic N) is 1. The van der Waals surface area contributed by atoms with Crippen LogP contribution in [0.15, 0.2) is 212 Å². The fourth-order valence-electron chi connectivity index (χ4n) is 11.5. The minimum absolute atomic E-state index is 0.411. The second-order valence-corrected chi connectivity index (χ2v) is 19.6. The molecule has 0 unspecified atom stereocenters. The average molecular weight is 738 g/mol. The number of benzene rings is 9. The zero-order chi connectivity index (χ0) is 37.3. The van der Waals surface area contributed by atoms with Gasteiger partial charge in [-0.2, -0.15) is 0 Å². The summed E-state index contributed by atoms with van der Waals surface area (Å²) in [4.78, 5) is 2.50. The predicted octanol–water partition coefficient (Wildman–Crippen LogP) is 10.8. The SMILES string of the molecule is c1ccc(N(c2ccc3c(c2)C2(c4ccccc4-c4ccccc42)c2ccccc2-3)c2ccc3c(c2)[Si]2(c4ccccc4-c4ccccc42)c2ccccc2-3)cc1. The van der Waals surface area contributed by atoms with Crippen LogP contribution in [0.25, 0.3) is 44.5 Å². The maximum atomic E-state index is 2.56. The molecular weight excluding hydrogens is 703 g/mol. The van der Waals surface area contributed by atoms with Gasteiger partial charge in [0, 0.05) is 17.1 Å². The number of anilines is 3. The normalized spacial score (nSPS) is 14.6. The smallest absolute Gasteiger partial charge is 0.182 e. The summed E-state index contributed by atoms with van der Waals surface area (Å²) in [6.45, 7) is 0. The van der Waals surface area contributed by atoms with Crippen molar-refractivity contribution in [3.8, 4) is 44.5 Å². The van der Waals surface area contributed by atoms with Crippen LogP contribution in [-0.4, -0.2) is 8.07 Å². The van der Waals surface area contributed by atoms with Gasteiger partial charge in [0.2, 0.25) is 0 Å². The summed E-state index contributed by atoms with van der Waals surface area (Å²) in [5.41, 5.74) is 19.3. The van der Waals surface area contributed by atoms with E-state index in [2.05, 4.69) is 217 Å². The molecule has 57 heavy (non-hydrogen) atoms. The Balaban J connectivity index is 1.08. The van der Waals surface area contributed by atoms with Crippen LogP contribution in [0.1, 0.15) is 22.3 Å². The van der Waals surface area contributed by atoms with Gasteiger partial charge in [0.25, 0.3) is 0 Å². The van der Waals surface area contributed by atoms with Gasteiger partial charge in [0.1, 0.15) is 0 Å². The molecule has 264 valence electrons. The van der Waals surface area contributed by atoms with Crippen molar-refractivity contribution < 1.29 is 0 Å². The first-order valence-electron chi connectivity index (χ1n) is 20.0. The van der Waals surface area contributed by atoms with Gasteiger partial charge in [0.15, 0.2) is 8.07 Å². The van der Waals surface area contributed by atoms with Crippen LogP contribution in [-0.2, 0) is 5.41 Å². The first-order chi connectivity index (χ1) is 28.3. The summed E-state index contributed by atoms with van der Waals surface area (Å²) in [6.07, 6.45) is 0. The zero-order valence-corrected chi connectivity index (χ0v) is 32.2. The number of hydrogen-bond acceptors (Lipinski definition) is 1. The molecule has 2 heteroatoms. The first kappa shape index (κ1) is 31.2. The fourth-order valence-corrected chi connectivity index (χ4v) is 17.1. The molecule has 0 atom stereocenters. The van der Waals surface area contributed by atoms with E-state index < -0.39 is 13.5 Å². The summed E-state index contributed by atoms with van der Waals surface area (Å²) >= 11 is 0. The maximum Gasteiger partial charge on any atom is 0.182 e. The highest BCUT2D eigenvalue weighted by Gasteiger charge is 2.54. The van der Waals surface area contributed by atoms with Crippen LogP contribution < -0.4 is 25.6 Å². The molecule has 13 rings (SSSR count). The van der Waals surface area contributed by atoms with Crippen LogP contribution >= 0.6 is 0 Å². The van der Waals surface area contributed by atoms with E-state index in [0.717, 1.165) is 11.4 Å². The summed E-state index contributed by atoms with van der Waals surface area (Å²) in [5.74, 6) is 0. The molecule has 2 aliphatic heterocycles. The molecule has 0 radical (unpaired) electrons. The number of rotatable bonds is 3. The van der Waals surface area contributed by atoms with E-state index in [4.69, 9.17) is 0 Å². The highest BCUT2D eigenvalue weighted by Crippen LogP contribution is 2.63. The third-order valence-electron chi connectivity index (χ3n) is 13.5. The van der Waals surface area contributed by atoms with Crippen molar-refractivity contribution in [2.24, 2.45) is 0 Å². The van der Waals surface area contributed by atoms with Gasteiger partial charge in [-0.05, 0) is 124 Å². The second-order valence-electron chi connectivity index (χ2n) is 15.9. The minimum atomic E-state index is -2.62. The molecule has 0 aromatic heterocycles. The Labute approximate surface area is 333 Å². The van der Waals surface area contributed by atoms with E-state index in [0.29, 0.717) is 0 Å². The molecule has 0 bridgehead atoms. The highest BCUT2D eigenvalue weighted by atomic mass is 28.3. The van der Waals surface area contributed by atoms with Crippen LogP contribution in [0.4, 0.5) is 17.1 Å². The molecule has 2 spiro atoms. The standard InChI is InChI=1S/C55H35NSi/c1-2-16-36(17-3-1)56(37-30-32-42-41-20-6-12-26-49(41)55(50(42)34-37)47-24-10-4-18-39(47)40-19-5-11-25-48(40)55)38-31-33-46-45-23-9-15-29-53(45)57(54(46)35-38)51-27-13-7-21-43(51)44-22-8-14-28-52(44)57/h1-35H. The molecule has 0 saturated heterocycles. The molecule has 4 aliphatic rings. The predicted molar refractivity (Wildman–Crippen MR) is 239 cm³/mol.